The van der Waals surface area contributed by atoms with Gasteiger partial charge in [-0.1, -0.05) is 0 Å². The average molecular weight is 437 g/mol. The zero-order chi connectivity index (χ0) is 14.9. The van der Waals surface area contributed by atoms with Crippen LogP contribution in [0.1, 0.15) is 35.6 Å². The number of aromatic nitrogens is 1. The topological polar surface area (TPSA) is 52.6 Å². The maximum absolute atomic E-state index is 4.34. The Morgan fingerprint density at radius 3 is 2.73 bits per heavy atom. The van der Waals surface area contributed by atoms with Crippen molar-refractivity contribution in [3.05, 3.63) is 16.1 Å². The minimum absolute atomic E-state index is 0. The van der Waals surface area contributed by atoms with Crippen LogP contribution >= 0.6 is 35.3 Å². The molecule has 0 radical (unpaired) electrons. The van der Waals surface area contributed by atoms with E-state index in [1.165, 1.54) is 50.2 Å². The number of likely N-dealkylation sites (tertiary alicyclic amines) is 1. The lowest BCUT2D eigenvalue weighted by Crippen LogP contribution is -2.37. The fourth-order valence-electron chi connectivity index (χ4n) is 2.54. The third-order valence-electron chi connectivity index (χ3n) is 3.69. The molecule has 126 valence electrons. The van der Waals surface area contributed by atoms with Gasteiger partial charge >= 0.3 is 0 Å². The van der Waals surface area contributed by atoms with E-state index in [0.717, 1.165) is 24.1 Å². The summed E-state index contributed by atoms with van der Waals surface area (Å²) in [5.74, 6) is 0.865. The van der Waals surface area contributed by atoms with Gasteiger partial charge in [-0.05, 0) is 52.2 Å². The lowest BCUT2D eigenvalue weighted by atomic mass is 10.3. The van der Waals surface area contributed by atoms with Gasteiger partial charge in [-0.25, -0.2) is 4.98 Å². The lowest BCUT2D eigenvalue weighted by molar-refractivity contribution is 0.330. The molecule has 0 aromatic carbocycles. The normalized spacial score (nSPS) is 15.6. The van der Waals surface area contributed by atoms with Crippen LogP contribution in [0.2, 0.25) is 0 Å². The molecule has 1 saturated heterocycles. The fourth-order valence-corrected chi connectivity index (χ4v) is 3.26. The second-order valence-corrected chi connectivity index (χ2v) is 6.79. The van der Waals surface area contributed by atoms with Crippen molar-refractivity contribution < 1.29 is 0 Å². The van der Waals surface area contributed by atoms with Crippen LogP contribution < -0.4 is 10.6 Å². The first-order chi connectivity index (χ1) is 10.3. The minimum atomic E-state index is 0. The first-order valence-electron chi connectivity index (χ1n) is 7.86. The zero-order valence-corrected chi connectivity index (χ0v) is 16.7. The second kappa shape index (κ2) is 11.2. The Hall–Kier alpha value is -0.410. The molecule has 2 heterocycles. The quantitative estimate of drug-likeness (QED) is 0.298. The maximum Gasteiger partial charge on any atom is 0.191 e. The van der Waals surface area contributed by atoms with Crippen molar-refractivity contribution in [2.75, 3.05) is 33.2 Å². The predicted octanol–water partition coefficient (Wildman–Crippen LogP) is 2.61. The van der Waals surface area contributed by atoms with Crippen molar-refractivity contribution in [3.8, 4) is 0 Å². The Morgan fingerprint density at radius 1 is 1.32 bits per heavy atom. The van der Waals surface area contributed by atoms with Crippen LogP contribution in [0.5, 0.6) is 0 Å². The van der Waals surface area contributed by atoms with Crippen LogP contribution in [-0.4, -0.2) is 49.1 Å². The van der Waals surface area contributed by atoms with Crippen molar-refractivity contribution >= 4 is 41.3 Å². The Balaban J connectivity index is 0.00000242. The Labute approximate surface area is 155 Å². The molecule has 0 amide bonds. The van der Waals surface area contributed by atoms with Crippen LogP contribution in [0, 0.1) is 6.92 Å². The van der Waals surface area contributed by atoms with Crippen LogP contribution in [0.4, 0.5) is 0 Å². The minimum Gasteiger partial charge on any atom is -0.356 e. The molecular weight excluding hydrogens is 409 g/mol. The highest BCUT2D eigenvalue weighted by atomic mass is 127. The van der Waals surface area contributed by atoms with Gasteiger partial charge in [-0.15, -0.1) is 35.3 Å². The lowest BCUT2D eigenvalue weighted by Gasteiger charge is -2.15. The highest BCUT2D eigenvalue weighted by molar-refractivity contribution is 14.0. The van der Waals surface area contributed by atoms with E-state index in [1.54, 1.807) is 11.3 Å². The van der Waals surface area contributed by atoms with E-state index in [0.29, 0.717) is 0 Å². The number of hydrogen-bond donors (Lipinski definition) is 2. The van der Waals surface area contributed by atoms with Crippen molar-refractivity contribution in [1.82, 2.24) is 20.5 Å². The van der Waals surface area contributed by atoms with Gasteiger partial charge in [0.05, 0.1) is 6.54 Å². The molecule has 1 aliphatic heterocycles. The van der Waals surface area contributed by atoms with E-state index in [4.69, 9.17) is 0 Å². The van der Waals surface area contributed by atoms with Gasteiger partial charge in [0.1, 0.15) is 5.01 Å². The molecule has 1 aromatic rings. The number of aryl methyl sites for hydroxylation is 1. The number of hydrogen-bond acceptors (Lipinski definition) is 4. The summed E-state index contributed by atoms with van der Waals surface area (Å²) in [5.41, 5.74) is 0. The molecule has 1 fully saturated rings. The number of unbranched alkanes of at least 4 members (excludes halogenated alkanes) is 1. The summed E-state index contributed by atoms with van der Waals surface area (Å²) >= 11 is 1.72. The highest BCUT2D eigenvalue weighted by Crippen LogP contribution is 2.10. The van der Waals surface area contributed by atoms with Gasteiger partial charge in [-0.3, -0.25) is 4.99 Å². The van der Waals surface area contributed by atoms with Gasteiger partial charge in [0.25, 0.3) is 0 Å². The standard InChI is InChI=1S/C15H27N5S.HI/c1-13-11-18-14(21-13)12-19-15(16-2)17-7-3-4-8-20-9-5-6-10-20;/h11H,3-10,12H2,1-2H3,(H2,16,17,19);1H. The summed E-state index contributed by atoms with van der Waals surface area (Å²) in [6.07, 6.45) is 7.12. The molecule has 5 nitrogen and oxygen atoms in total. The molecule has 7 heteroatoms. The third-order valence-corrected chi connectivity index (χ3v) is 4.60. The molecule has 0 unspecified atom stereocenters. The molecule has 0 bridgehead atoms. The molecule has 2 N–H and O–H groups in total. The van der Waals surface area contributed by atoms with Gasteiger partial charge in [0, 0.05) is 24.7 Å². The molecule has 1 aliphatic rings. The zero-order valence-electron chi connectivity index (χ0n) is 13.6. The number of nitrogens with zero attached hydrogens (tertiary/aromatic N) is 3. The second-order valence-electron chi connectivity index (χ2n) is 5.47. The van der Waals surface area contributed by atoms with Gasteiger partial charge in [-0.2, -0.15) is 0 Å². The monoisotopic (exact) mass is 437 g/mol. The van der Waals surface area contributed by atoms with Crippen LogP contribution in [0.25, 0.3) is 0 Å². The molecule has 0 spiro atoms. The summed E-state index contributed by atoms with van der Waals surface area (Å²) in [4.78, 5) is 12.4. The number of rotatable bonds is 7. The van der Waals surface area contributed by atoms with Crippen molar-refractivity contribution in [1.29, 1.82) is 0 Å². The van der Waals surface area contributed by atoms with Crippen molar-refractivity contribution in [3.63, 3.8) is 0 Å². The molecule has 0 aliphatic carbocycles. The number of halogens is 1. The van der Waals surface area contributed by atoms with E-state index in [2.05, 4.69) is 32.4 Å². The Kier molecular flexibility index (Phi) is 9.98. The molecule has 2 rings (SSSR count). The third kappa shape index (κ3) is 7.23. The Bertz CT molecular complexity index is 443. The first kappa shape index (κ1) is 19.6. The average Bonchev–Trinajstić information content (AvgIpc) is 3.13. The predicted molar refractivity (Wildman–Crippen MR) is 105 cm³/mol. The van der Waals surface area contributed by atoms with E-state index in [-0.39, 0.29) is 24.0 Å². The molecule has 0 atom stereocenters. The number of guanidine groups is 1. The van der Waals surface area contributed by atoms with Crippen LogP contribution in [0.3, 0.4) is 0 Å². The SMILES string of the molecule is CN=C(NCCCCN1CCCC1)NCc1ncc(C)s1.I. The summed E-state index contributed by atoms with van der Waals surface area (Å²) in [6.45, 7) is 7.63. The highest BCUT2D eigenvalue weighted by Gasteiger charge is 2.10. The van der Waals surface area contributed by atoms with Crippen LogP contribution in [-0.2, 0) is 6.54 Å². The summed E-state index contributed by atoms with van der Waals surface area (Å²) in [5, 5.41) is 7.78. The fraction of sp³-hybridized carbons (Fsp3) is 0.733. The molecule has 22 heavy (non-hydrogen) atoms. The smallest absolute Gasteiger partial charge is 0.191 e. The van der Waals surface area contributed by atoms with Gasteiger partial charge in [0.15, 0.2) is 5.96 Å². The van der Waals surface area contributed by atoms with E-state index in [1.807, 2.05) is 13.2 Å². The largest absolute Gasteiger partial charge is 0.356 e. The van der Waals surface area contributed by atoms with Crippen LogP contribution in [0.15, 0.2) is 11.2 Å². The number of aliphatic imine (C=N–C) groups is 1. The Morgan fingerprint density at radius 2 is 2.09 bits per heavy atom. The molecule has 1 aromatic heterocycles. The van der Waals surface area contributed by atoms with Gasteiger partial charge in [0.2, 0.25) is 0 Å². The first-order valence-corrected chi connectivity index (χ1v) is 8.68. The van der Waals surface area contributed by atoms with E-state index in [9.17, 15) is 0 Å². The summed E-state index contributed by atoms with van der Waals surface area (Å²) in [6, 6.07) is 0. The van der Waals surface area contributed by atoms with E-state index >= 15 is 0 Å². The maximum atomic E-state index is 4.34. The van der Waals surface area contributed by atoms with Crippen molar-refractivity contribution in [2.24, 2.45) is 4.99 Å². The summed E-state index contributed by atoms with van der Waals surface area (Å²) in [7, 11) is 1.81. The molecule has 0 saturated carbocycles. The number of nitrogens with one attached hydrogen (secondary N) is 2. The summed E-state index contributed by atoms with van der Waals surface area (Å²) < 4.78 is 0. The molecular formula is C15H28IN5S. The van der Waals surface area contributed by atoms with Crippen molar-refractivity contribution in [2.45, 2.75) is 39.2 Å². The number of thiazole rings is 1. The van der Waals surface area contributed by atoms with E-state index < -0.39 is 0 Å². The van der Waals surface area contributed by atoms with Gasteiger partial charge < -0.3 is 15.5 Å².